The van der Waals surface area contributed by atoms with Crippen molar-refractivity contribution in [3.8, 4) is 23.7 Å². The van der Waals surface area contributed by atoms with Crippen molar-refractivity contribution in [2.45, 2.75) is 5.16 Å². The molecule has 0 aliphatic rings. The van der Waals surface area contributed by atoms with E-state index in [9.17, 15) is 0 Å². The molecule has 0 atom stereocenters. The molecule has 0 aliphatic carbocycles. The number of terminal acetylenes is 1. The molecule has 4 rings (SSSR count). The van der Waals surface area contributed by atoms with Crippen LogP contribution in [-0.4, -0.2) is 25.3 Å². The van der Waals surface area contributed by atoms with E-state index >= 15 is 0 Å². The SMILES string of the molecule is C#CCSc1nc2ccccc2c2nc(-c3ccccc3)nn12. The van der Waals surface area contributed by atoms with Gasteiger partial charge in [0.2, 0.25) is 0 Å². The zero-order valence-electron chi connectivity index (χ0n) is 12.2. The maximum Gasteiger partial charge on any atom is 0.192 e. The van der Waals surface area contributed by atoms with Gasteiger partial charge < -0.3 is 0 Å². The second-order valence-electron chi connectivity index (χ2n) is 4.94. The highest BCUT2D eigenvalue weighted by Crippen LogP contribution is 2.26. The van der Waals surface area contributed by atoms with Crippen LogP contribution in [0, 0.1) is 12.3 Å². The van der Waals surface area contributed by atoms with Gasteiger partial charge in [0.1, 0.15) is 0 Å². The van der Waals surface area contributed by atoms with Crippen LogP contribution in [0.15, 0.2) is 59.8 Å². The zero-order chi connectivity index (χ0) is 15.6. The van der Waals surface area contributed by atoms with Crippen LogP contribution >= 0.6 is 11.8 Å². The van der Waals surface area contributed by atoms with Gasteiger partial charge in [0, 0.05) is 10.9 Å². The maximum atomic E-state index is 5.39. The molecule has 0 aliphatic heterocycles. The predicted octanol–water partition coefficient (Wildman–Crippen LogP) is 3.67. The third kappa shape index (κ3) is 2.43. The summed E-state index contributed by atoms with van der Waals surface area (Å²) in [5.41, 5.74) is 2.67. The number of hydrogen-bond donors (Lipinski definition) is 0. The fraction of sp³-hybridized carbons (Fsp3) is 0.0556. The minimum atomic E-state index is 0.543. The Bertz CT molecular complexity index is 1030. The number of hydrogen-bond acceptors (Lipinski definition) is 4. The minimum absolute atomic E-state index is 0.543. The van der Waals surface area contributed by atoms with Gasteiger partial charge in [-0.1, -0.05) is 60.1 Å². The van der Waals surface area contributed by atoms with Gasteiger partial charge in [0.15, 0.2) is 16.6 Å². The first-order valence-electron chi connectivity index (χ1n) is 7.14. The molecule has 0 spiro atoms. The lowest BCUT2D eigenvalue weighted by Gasteiger charge is -2.04. The molecule has 0 unspecified atom stereocenters. The highest BCUT2D eigenvalue weighted by atomic mass is 32.2. The summed E-state index contributed by atoms with van der Waals surface area (Å²) < 4.78 is 1.78. The average molecular weight is 316 g/mol. The summed E-state index contributed by atoms with van der Waals surface area (Å²) in [6.07, 6.45) is 5.39. The van der Waals surface area contributed by atoms with Gasteiger partial charge in [-0.2, -0.15) is 4.52 Å². The van der Waals surface area contributed by atoms with E-state index in [1.54, 1.807) is 4.52 Å². The molecule has 0 bridgehead atoms. The van der Waals surface area contributed by atoms with Crippen molar-refractivity contribution >= 4 is 28.3 Å². The Hall–Kier alpha value is -2.84. The number of para-hydroxylation sites is 1. The monoisotopic (exact) mass is 316 g/mol. The lowest BCUT2D eigenvalue weighted by atomic mass is 10.2. The Balaban J connectivity index is 2.00. The molecule has 0 N–H and O–H groups in total. The largest absolute Gasteiger partial charge is 0.222 e. The first-order chi connectivity index (χ1) is 11.4. The molecule has 2 aromatic carbocycles. The molecule has 0 fully saturated rings. The van der Waals surface area contributed by atoms with E-state index in [-0.39, 0.29) is 0 Å². The lowest BCUT2D eigenvalue weighted by molar-refractivity contribution is 0.812. The smallest absolute Gasteiger partial charge is 0.192 e. The Morgan fingerprint density at radius 2 is 1.78 bits per heavy atom. The third-order valence-corrected chi connectivity index (χ3v) is 4.30. The summed E-state index contributed by atoms with van der Waals surface area (Å²) in [6, 6.07) is 17.9. The predicted molar refractivity (Wildman–Crippen MR) is 93.3 cm³/mol. The van der Waals surface area contributed by atoms with Gasteiger partial charge in [0.05, 0.1) is 11.3 Å². The van der Waals surface area contributed by atoms with E-state index in [1.807, 2.05) is 54.6 Å². The fourth-order valence-electron chi connectivity index (χ4n) is 2.44. The second-order valence-corrected chi connectivity index (χ2v) is 5.88. The molecule has 4 aromatic rings. The fourth-order valence-corrected chi connectivity index (χ4v) is 3.06. The zero-order valence-corrected chi connectivity index (χ0v) is 13.0. The van der Waals surface area contributed by atoms with Crippen LogP contribution in [-0.2, 0) is 0 Å². The van der Waals surface area contributed by atoms with Gasteiger partial charge in [-0.05, 0) is 12.1 Å². The van der Waals surface area contributed by atoms with Gasteiger partial charge in [-0.3, -0.25) is 0 Å². The van der Waals surface area contributed by atoms with Gasteiger partial charge in [0.25, 0.3) is 0 Å². The van der Waals surface area contributed by atoms with E-state index in [0.717, 1.165) is 27.3 Å². The minimum Gasteiger partial charge on any atom is -0.222 e. The van der Waals surface area contributed by atoms with Crippen LogP contribution < -0.4 is 0 Å². The van der Waals surface area contributed by atoms with Gasteiger partial charge >= 0.3 is 0 Å². The molecule has 23 heavy (non-hydrogen) atoms. The van der Waals surface area contributed by atoms with Gasteiger partial charge in [-0.15, -0.1) is 11.5 Å². The van der Waals surface area contributed by atoms with E-state index < -0.39 is 0 Å². The molecule has 0 saturated heterocycles. The number of rotatable bonds is 3. The van der Waals surface area contributed by atoms with Crippen LogP contribution in [0.5, 0.6) is 0 Å². The molecule has 0 amide bonds. The molecule has 0 saturated carbocycles. The molecular formula is C18H12N4S. The highest BCUT2D eigenvalue weighted by molar-refractivity contribution is 7.99. The average Bonchev–Trinajstić information content (AvgIpc) is 3.06. The highest BCUT2D eigenvalue weighted by Gasteiger charge is 2.14. The Morgan fingerprint density at radius 1 is 1.00 bits per heavy atom. The Labute approximate surface area is 137 Å². The Kier molecular flexibility index (Phi) is 3.45. The quantitative estimate of drug-likeness (QED) is 0.328. The van der Waals surface area contributed by atoms with Crippen molar-refractivity contribution in [2.24, 2.45) is 0 Å². The molecule has 2 heterocycles. The lowest BCUT2D eigenvalue weighted by Crippen LogP contribution is -1.98. The number of fused-ring (bicyclic) bond motifs is 3. The van der Waals surface area contributed by atoms with Crippen LogP contribution in [0.4, 0.5) is 0 Å². The van der Waals surface area contributed by atoms with Crippen molar-refractivity contribution in [2.75, 3.05) is 5.75 Å². The molecule has 0 radical (unpaired) electrons. The van der Waals surface area contributed by atoms with Crippen LogP contribution in [0.25, 0.3) is 27.9 Å². The van der Waals surface area contributed by atoms with Crippen molar-refractivity contribution < 1.29 is 0 Å². The summed E-state index contributed by atoms with van der Waals surface area (Å²) in [7, 11) is 0. The summed E-state index contributed by atoms with van der Waals surface area (Å²) >= 11 is 1.49. The van der Waals surface area contributed by atoms with E-state index in [1.165, 1.54) is 11.8 Å². The first-order valence-corrected chi connectivity index (χ1v) is 8.12. The molecule has 2 aromatic heterocycles. The van der Waals surface area contributed by atoms with Crippen molar-refractivity contribution in [3.05, 3.63) is 54.6 Å². The normalized spacial score (nSPS) is 10.9. The molecule has 110 valence electrons. The summed E-state index contributed by atoms with van der Waals surface area (Å²) in [4.78, 5) is 9.40. The number of benzene rings is 2. The molecule has 4 nitrogen and oxygen atoms in total. The standard InChI is InChI=1S/C18H12N4S/c1-2-12-23-18-19-15-11-7-6-10-14(15)17-20-16(21-22(17)18)13-8-4-3-5-9-13/h1,3-11H,12H2. The number of aromatic nitrogens is 4. The number of thioether (sulfide) groups is 1. The van der Waals surface area contributed by atoms with Gasteiger partial charge in [-0.25, -0.2) is 9.97 Å². The Morgan fingerprint density at radius 3 is 2.61 bits per heavy atom. The summed E-state index contributed by atoms with van der Waals surface area (Å²) in [6.45, 7) is 0. The van der Waals surface area contributed by atoms with Crippen LogP contribution in [0.2, 0.25) is 0 Å². The van der Waals surface area contributed by atoms with Crippen molar-refractivity contribution in [3.63, 3.8) is 0 Å². The van der Waals surface area contributed by atoms with Crippen LogP contribution in [0.3, 0.4) is 0 Å². The summed E-state index contributed by atoms with van der Waals surface area (Å²) in [5.74, 6) is 3.86. The van der Waals surface area contributed by atoms with Crippen LogP contribution in [0.1, 0.15) is 0 Å². The number of nitrogens with zero attached hydrogens (tertiary/aromatic N) is 4. The summed E-state index contributed by atoms with van der Waals surface area (Å²) in [5, 5.41) is 6.37. The van der Waals surface area contributed by atoms with Crippen molar-refractivity contribution in [1.82, 2.24) is 19.6 Å². The molecular weight excluding hydrogens is 304 g/mol. The van der Waals surface area contributed by atoms with E-state index in [2.05, 4.69) is 16.0 Å². The third-order valence-electron chi connectivity index (χ3n) is 3.47. The first kappa shape index (κ1) is 13.8. The second kappa shape index (κ2) is 5.75. The topological polar surface area (TPSA) is 43.1 Å². The van der Waals surface area contributed by atoms with Crippen molar-refractivity contribution in [1.29, 1.82) is 0 Å². The van der Waals surface area contributed by atoms with E-state index in [0.29, 0.717) is 11.6 Å². The maximum absolute atomic E-state index is 5.39. The van der Waals surface area contributed by atoms with E-state index in [4.69, 9.17) is 11.4 Å². The molecule has 5 heteroatoms.